The molecule has 2 rings (SSSR count). The Bertz CT molecular complexity index is 582. The minimum atomic E-state index is -0.399. The average molecular weight is 298 g/mol. The van der Waals surface area contributed by atoms with E-state index in [-0.39, 0.29) is 5.41 Å². The van der Waals surface area contributed by atoms with Gasteiger partial charge in [-0.15, -0.1) is 0 Å². The zero-order chi connectivity index (χ0) is 16.2. The fourth-order valence-electron chi connectivity index (χ4n) is 2.41. The number of hydrogen-bond acceptors (Lipinski definition) is 2. The Morgan fingerprint density at radius 2 is 1.45 bits per heavy atom. The van der Waals surface area contributed by atoms with Crippen molar-refractivity contribution in [3.05, 3.63) is 65.2 Å². The van der Waals surface area contributed by atoms with Crippen molar-refractivity contribution in [1.82, 2.24) is 0 Å². The van der Waals surface area contributed by atoms with Gasteiger partial charge >= 0.3 is 0 Å². The Morgan fingerprint density at radius 1 is 0.955 bits per heavy atom. The van der Waals surface area contributed by atoms with Crippen LogP contribution >= 0.6 is 0 Å². The Kier molecular flexibility index (Phi) is 5.25. The summed E-state index contributed by atoms with van der Waals surface area (Å²) in [6.45, 7) is 8.86. The van der Waals surface area contributed by atoms with Gasteiger partial charge in [0.05, 0.1) is 6.10 Å². The summed E-state index contributed by atoms with van der Waals surface area (Å²) in [5.74, 6) is 0.802. The van der Waals surface area contributed by atoms with Gasteiger partial charge in [-0.3, -0.25) is 0 Å². The highest BCUT2D eigenvalue weighted by Crippen LogP contribution is 2.32. The van der Waals surface area contributed by atoms with E-state index in [1.54, 1.807) is 0 Å². The molecule has 118 valence electrons. The highest BCUT2D eigenvalue weighted by molar-refractivity contribution is 5.40. The number of hydrogen-bond donors (Lipinski definition) is 1. The SMILES string of the molecule is CCC(O)COc1ccc(C(C)(C)c2ccc(C)cc2)cc1. The lowest BCUT2D eigenvalue weighted by molar-refractivity contribution is 0.104. The smallest absolute Gasteiger partial charge is 0.119 e. The molecule has 2 aromatic rings. The Balaban J connectivity index is 2.13. The number of ether oxygens (including phenoxy) is 1. The van der Waals surface area contributed by atoms with Crippen molar-refractivity contribution in [1.29, 1.82) is 0 Å². The molecule has 0 saturated carbocycles. The Morgan fingerprint density at radius 3 is 1.95 bits per heavy atom. The molecule has 0 saturated heterocycles. The quantitative estimate of drug-likeness (QED) is 0.852. The molecule has 0 aromatic heterocycles. The molecule has 2 aromatic carbocycles. The van der Waals surface area contributed by atoms with Crippen LogP contribution in [0.15, 0.2) is 48.5 Å². The van der Waals surface area contributed by atoms with Crippen LogP contribution in [0, 0.1) is 6.92 Å². The van der Waals surface area contributed by atoms with Crippen LogP contribution in [0.2, 0.25) is 0 Å². The minimum Gasteiger partial charge on any atom is -0.491 e. The van der Waals surface area contributed by atoms with Crippen LogP contribution in [0.5, 0.6) is 5.75 Å². The summed E-state index contributed by atoms with van der Waals surface area (Å²) in [5, 5.41) is 9.55. The van der Waals surface area contributed by atoms with E-state index in [0.29, 0.717) is 13.0 Å². The monoisotopic (exact) mass is 298 g/mol. The maximum Gasteiger partial charge on any atom is 0.119 e. The predicted molar refractivity (Wildman–Crippen MR) is 91.5 cm³/mol. The average Bonchev–Trinajstić information content (AvgIpc) is 2.53. The maximum atomic E-state index is 9.55. The molecule has 22 heavy (non-hydrogen) atoms. The van der Waals surface area contributed by atoms with E-state index in [1.165, 1.54) is 16.7 Å². The third-order valence-corrected chi connectivity index (χ3v) is 4.26. The zero-order valence-electron chi connectivity index (χ0n) is 14.0. The molecule has 1 unspecified atom stereocenters. The van der Waals surface area contributed by atoms with Crippen LogP contribution in [0.3, 0.4) is 0 Å². The molecular weight excluding hydrogens is 272 g/mol. The van der Waals surface area contributed by atoms with Gasteiger partial charge in [-0.25, -0.2) is 0 Å². The number of aryl methyl sites for hydroxylation is 1. The summed E-state index contributed by atoms with van der Waals surface area (Å²) < 4.78 is 5.60. The number of aliphatic hydroxyl groups is 1. The molecule has 1 atom stereocenters. The summed E-state index contributed by atoms with van der Waals surface area (Å²) in [6.07, 6.45) is 0.308. The van der Waals surface area contributed by atoms with E-state index in [2.05, 4.69) is 57.2 Å². The second-order valence-corrected chi connectivity index (χ2v) is 6.39. The third-order valence-electron chi connectivity index (χ3n) is 4.26. The first-order valence-corrected chi connectivity index (χ1v) is 7.92. The Labute approximate surface area is 133 Å². The van der Waals surface area contributed by atoms with Crippen molar-refractivity contribution in [2.24, 2.45) is 0 Å². The molecule has 1 N–H and O–H groups in total. The fraction of sp³-hybridized carbons (Fsp3) is 0.400. The van der Waals surface area contributed by atoms with Crippen LogP contribution in [0.1, 0.15) is 43.9 Å². The molecule has 0 heterocycles. The summed E-state index contributed by atoms with van der Waals surface area (Å²) in [6, 6.07) is 16.9. The summed E-state index contributed by atoms with van der Waals surface area (Å²) in [4.78, 5) is 0. The first-order chi connectivity index (χ1) is 10.4. The number of rotatable bonds is 6. The zero-order valence-corrected chi connectivity index (χ0v) is 14.0. The Hall–Kier alpha value is -1.80. The normalized spacial score (nSPS) is 13.0. The summed E-state index contributed by atoms with van der Waals surface area (Å²) in [5.41, 5.74) is 3.78. The second-order valence-electron chi connectivity index (χ2n) is 6.39. The highest BCUT2D eigenvalue weighted by atomic mass is 16.5. The summed E-state index contributed by atoms with van der Waals surface area (Å²) in [7, 11) is 0. The lowest BCUT2D eigenvalue weighted by Gasteiger charge is -2.26. The standard InChI is InChI=1S/C20H26O2/c1-5-18(21)14-22-19-12-10-17(11-13-19)20(3,4)16-8-6-15(2)7-9-16/h6-13,18,21H,5,14H2,1-4H3. The van der Waals surface area contributed by atoms with Gasteiger partial charge in [-0.05, 0) is 36.6 Å². The van der Waals surface area contributed by atoms with Gasteiger partial charge in [0.1, 0.15) is 12.4 Å². The topological polar surface area (TPSA) is 29.5 Å². The molecule has 0 aliphatic rings. The van der Waals surface area contributed by atoms with Crippen molar-refractivity contribution in [2.75, 3.05) is 6.61 Å². The van der Waals surface area contributed by atoms with E-state index in [4.69, 9.17) is 4.74 Å². The molecule has 0 fully saturated rings. The first-order valence-electron chi connectivity index (χ1n) is 7.92. The van der Waals surface area contributed by atoms with Gasteiger partial charge in [0, 0.05) is 5.41 Å². The van der Waals surface area contributed by atoms with E-state index in [0.717, 1.165) is 5.75 Å². The second kappa shape index (κ2) is 6.97. The molecule has 0 spiro atoms. The minimum absolute atomic E-state index is 0.0465. The lowest BCUT2D eigenvalue weighted by atomic mass is 9.78. The molecule has 2 heteroatoms. The van der Waals surface area contributed by atoms with Crippen LogP contribution in [0.25, 0.3) is 0 Å². The van der Waals surface area contributed by atoms with E-state index >= 15 is 0 Å². The molecule has 0 aliphatic carbocycles. The summed E-state index contributed by atoms with van der Waals surface area (Å²) >= 11 is 0. The van der Waals surface area contributed by atoms with Crippen LogP contribution in [-0.2, 0) is 5.41 Å². The molecule has 2 nitrogen and oxygen atoms in total. The van der Waals surface area contributed by atoms with Crippen LogP contribution in [0.4, 0.5) is 0 Å². The molecule has 0 amide bonds. The maximum absolute atomic E-state index is 9.55. The fourth-order valence-corrected chi connectivity index (χ4v) is 2.41. The van der Waals surface area contributed by atoms with Gasteiger partial charge in [0.25, 0.3) is 0 Å². The van der Waals surface area contributed by atoms with E-state index < -0.39 is 6.10 Å². The van der Waals surface area contributed by atoms with Gasteiger partial charge in [0.2, 0.25) is 0 Å². The van der Waals surface area contributed by atoms with Crippen molar-refractivity contribution in [3.8, 4) is 5.75 Å². The largest absolute Gasteiger partial charge is 0.491 e. The van der Waals surface area contributed by atoms with Crippen molar-refractivity contribution < 1.29 is 9.84 Å². The van der Waals surface area contributed by atoms with Crippen LogP contribution < -0.4 is 4.74 Å². The molecular formula is C20H26O2. The number of aliphatic hydroxyl groups excluding tert-OH is 1. The molecule has 0 bridgehead atoms. The van der Waals surface area contributed by atoms with Gasteiger partial charge in [-0.2, -0.15) is 0 Å². The van der Waals surface area contributed by atoms with E-state index in [1.807, 2.05) is 19.1 Å². The van der Waals surface area contributed by atoms with Crippen molar-refractivity contribution in [2.45, 2.75) is 45.6 Å². The highest BCUT2D eigenvalue weighted by Gasteiger charge is 2.22. The molecule has 0 radical (unpaired) electrons. The van der Waals surface area contributed by atoms with Crippen LogP contribution in [-0.4, -0.2) is 17.8 Å². The predicted octanol–water partition coefficient (Wildman–Crippen LogP) is 4.47. The van der Waals surface area contributed by atoms with Crippen molar-refractivity contribution >= 4 is 0 Å². The van der Waals surface area contributed by atoms with Gasteiger partial charge < -0.3 is 9.84 Å². The molecule has 0 aliphatic heterocycles. The van der Waals surface area contributed by atoms with Crippen molar-refractivity contribution in [3.63, 3.8) is 0 Å². The van der Waals surface area contributed by atoms with Gasteiger partial charge in [-0.1, -0.05) is 62.7 Å². The number of benzene rings is 2. The first kappa shape index (κ1) is 16.6. The van der Waals surface area contributed by atoms with Gasteiger partial charge in [0.15, 0.2) is 0 Å². The third kappa shape index (κ3) is 3.89. The van der Waals surface area contributed by atoms with E-state index in [9.17, 15) is 5.11 Å². The lowest BCUT2D eigenvalue weighted by Crippen LogP contribution is -2.19.